The van der Waals surface area contributed by atoms with E-state index in [-0.39, 0.29) is 12.5 Å². The van der Waals surface area contributed by atoms with Gasteiger partial charge in [0, 0.05) is 12.3 Å². The number of hydrogen-bond acceptors (Lipinski definition) is 6. The molecule has 1 aliphatic carbocycles. The predicted octanol–water partition coefficient (Wildman–Crippen LogP) is 5.41. The lowest BCUT2D eigenvalue weighted by molar-refractivity contribution is 0.0437. The van der Waals surface area contributed by atoms with Gasteiger partial charge in [0.1, 0.15) is 0 Å². The number of carbonyl (C=O) groups is 1. The number of para-hydroxylation sites is 1. The third-order valence-corrected chi connectivity index (χ3v) is 5.66. The summed E-state index contributed by atoms with van der Waals surface area (Å²) >= 11 is 0. The molecule has 160 valence electrons. The van der Waals surface area contributed by atoms with Crippen molar-refractivity contribution in [2.24, 2.45) is 5.92 Å². The normalized spacial score (nSPS) is 16.8. The van der Waals surface area contributed by atoms with Crippen molar-refractivity contribution in [1.29, 1.82) is 0 Å². The molecule has 1 aliphatic rings. The largest absolute Gasteiger partial charge is 0.452 e. The van der Waals surface area contributed by atoms with E-state index in [1.165, 1.54) is 0 Å². The molecule has 2 aromatic heterocycles. The van der Waals surface area contributed by atoms with Gasteiger partial charge in [0.05, 0.1) is 16.8 Å². The van der Waals surface area contributed by atoms with Gasteiger partial charge < -0.3 is 9.15 Å². The Morgan fingerprint density at radius 2 is 1.88 bits per heavy atom. The first-order valence-corrected chi connectivity index (χ1v) is 10.7. The van der Waals surface area contributed by atoms with Crippen LogP contribution in [0.5, 0.6) is 0 Å². The van der Waals surface area contributed by atoms with Crippen molar-refractivity contribution in [3.63, 3.8) is 0 Å². The number of esters is 1. The Morgan fingerprint density at radius 3 is 2.66 bits per heavy atom. The van der Waals surface area contributed by atoms with Crippen molar-refractivity contribution in [3.05, 3.63) is 88.8 Å². The Kier molecular flexibility index (Phi) is 5.27. The highest BCUT2D eigenvalue weighted by atomic mass is 16.5. The van der Waals surface area contributed by atoms with Crippen LogP contribution >= 0.6 is 0 Å². The van der Waals surface area contributed by atoms with E-state index in [4.69, 9.17) is 14.1 Å². The maximum Gasteiger partial charge on any atom is 0.339 e. The second-order valence-electron chi connectivity index (χ2n) is 8.22. The Labute approximate surface area is 186 Å². The highest BCUT2D eigenvalue weighted by molar-refractivity contribution is 6.06. The molecule has 5 rings (SSSR count). The monoisotopic (exact) mass is 425 g/mol. The molecule has 0 bridgehead atoms. The number of ether oxygens (including phenoxy) is 1. The number of hydrogen-bond donors (Lipinski definition) is 0. The predicted molar refractivity (Wildman–Crippen MR) is 122 cm³/mol. The first-order valence-electron chi connectivity index (χ1n) is 10.7. The SMILES string of the molecule is Cc1nnc(COC(=O)c2c3c(nc4ccccc24)/C(=C\c2ccccc2)C[C@@H](C)C3)o1. The van der Waals surface area contributed by atoms with Crippen LogP contribution in [0.25, 0.3) is 22.6 Å². The van der Waals surface area contributed by atoms with Gasteiger partial charge in [-0.3, -0.25) is 0 Å². The van der Waals surface area contributed by atoms with E-state index in [2.05, 4.69) is 35.3 Å². The van der Waals surface area contributed by atoms with Crippen LogP contribution < -0.4 is 0 Å². The zero-order valence-electron chi connectivity index (χ0n) is 18.0. The van der Waals surface area contributed by atoms with Crippen molar-refractivity contribution in [2.45, 2.75) is 33.3 Å². The smallest absolute Gasteiger partial charge is 0.339 e. The Morgan fingerprint density at radius 1 is 1.09 bits per heavy atom. The molecular weight excluding hydrogens is 402 g/mol. The van der Waals surface area contributed by atoms with Gasteiger partial charge in [-0.05, 0) is 47.6 Å². The lowest BCUT2D eigenvalue weighted by Gasteiger charge is -2.26. The Balaban J connectivity index is 1.62. The van der Waals surface area contributed by atoms with Gasteiger partial charge in [0.15, 0.2) is 6.61 Å². The van der Waals surface area contributed by atoms with Crippen LogP contribution in [0.1, 0.15) is 52.3 Å². The van der Waals surface area contributed by atoms with E-state index in [1.807, 2.05) is 42.5 Å². The average molecular weight is 425 g/mol. The van der Waals surface area contributed by atoms with Gasteiger partial charge in [0.25, 0.3) is 5.89 Å². The number of benzene rings is 2. The van der Waals surface area contributed by atoms with Crippen LogP contribution in [-0.2, 0) is 17.8 Å². The highest BCUT2D eigenvalue weighted by Gasteiger charge is 2.29. The summed E-state index contributed by atoms with van der Waals surface area (Å²) in [6, 6.07) is 17.9. The molecule has 2 heterocycles. The topological polar surface area (TPSA) is 78.1 Å². The molecule has 6 heteroatoms. The second-order valence-corrected chi connectivity index (χ2v) is 8.22. The summed E-state index contributed by atoms with van der Waals surface area (Å²) in [7, 11) is 0. The molecule has 0 radical (unpaired) electrons. The van der Waals surface area contributed by atoms with Gasteiger partial charge >= 0.3 is 5.97 Å². The first-order chi connectivity index (χ1) is 15.6. The average Bonchev–Trinajstić information content (AvgIpc) is 3.22. The van der Waals surface area contributed by atoms with E-state index >= 15 is 0 Å². The molecule has 2 aromatic carbocycles. The minimum absolute atomic E-state index is 0.0621. The van der Waals surface area contributed by atoms with Crippen LogP contribution in [0.3, 0.4) is 0 Å². The van der Waals surface area contributed by atoms with Gasteiger partial charge in [-0.2, -0.15) is 0 Å². The molecule has 0 unspecified atom stereocenters. The number of fused-ring (bicyclic) bond motifs is 2. The zero-order valence-corrected chi connectivity index (χ0v) is 18.0. The lowest BCUT2D eigenvalue weighted by Crippen LogP contribution is -2.19. The van der Waals surface area contributed by atoms with E-state index in [0.29, 0.717) is 17.4 Å². The van der Waals surface area contributed by atoms with Crippen LogP contribution in [0.4, 0.5) is 0 Å². The molecule has 4 aromatic rings. The third-order valence-electron chi connectivity index (χ3n) is 5.66. The van der Waals surface area contributed by atoms with Crippen LogP contribution in [0.2, 0.25) is 0 Å². The van der Waals surface area contributed by atoms with Crippen molar-refractivity contribution < 1.29 is 13.9 Å². The van der Waals surface area contributed by atoms with Crippen LogP contribution in [0, 0.1) is 12.8 Å². The quantitative estimate of drug-likeness (QED) is 0.407. The third kappa shape index (κ3) is 3.91. The number of nitrogens with zero attached hydrogens (tertiary/aromatic N) is 3. The zero-order chi connectivity index (χ0) is 22.1. The summed E-state index contributed by atoms with van der Waals surface area (Å²) in [4.78, 5) is 18.3. The second kappa shape index (κ2) is 8.38. The van der Waals surface area contributed by atoms with Crippen LogP contribution in [-0.4, -0.2) is 21.2 Å². The number of rotatable bonds is 4. The minimum Gasteiger partial charge on any atom is -0.452 e. The fourth-order valence-electron chi connectivity index (χ4n) is 4.31. The van der Waals surface area contributed by atoms with E-state index in [0.717, 1.165) is 46.1 Å². The fraction of sp³-hybridized carbons (Fsp3) is 0.231. The van der Waals surface area contributed by atoms with Gasteiger partial charge in [-0.15, -0.1) is 10.2 Å². The van der Waals surface area contributed by atoms with Crippen molar-refractivity contribution in [1.82, 2.24) is 15.2 Å². The summed E-state index contributed by atoms with van der Waals surface area (Å²) in [5.74, 6) is 0.697. The number of aryl methyl sites for hydroxylation is 1. The van der Waals surface area contributed by atoms with Gasteiger partial charge in [-0.1, -0.05) is 55.5 Å². The summed E-state index contributed by atoms with van der Waals surface area (Å²) in [5, 5.41) is 8.51. The van der Waals surface area contributed by atoms with Crippen molar-refractivity contribution in [2.75, 3.05) is 0 Å². The molecule has 0 fully saturated rings. The Bertz CT molecular complexity index is 1320. The molecule has 0 N–H and O–H groups in total. The molecule has 0 saturated carbocycles. The molecule has 1 atom stereocenters. The maximum atomic E-state index is 13.3. The summed E-state index contributed by atoms with van der Waals surface area (Å²) in [5.41, 5.74) is 5.43. The fourth-order valence-corrected chi connectivity index (χ4v) is 4.31. The number of allylic oxidation sites excluding steroid dienone is 1. The van der Waals surface area contributed by atoms with Crippen molar-refractivity contribution in [3.8, 4) is 0 Å². The molecule has 6 nitrogen and oxygen atoms in total. The highest BCUT2D eigenvalue weighted by Crippen LogP contribution is 2.38. The maximum absolute atomic E-state index is 13.3. The van der Waals surface area contributed by atoms with Crippen LogP contribution in [0.15, 0.2) is 59.0 Å². The van der Waals surface area contributed by atoms with Gasteiger partial charge in [0.2, 0.25) is 5.89 Å². The molecule has 0 saturated heterocycles. The van der Waals surface area contributed by atoms with E-state index < -0.39 is 5.97 Å². The molecular formula is C26H23N3O3. The number of aromatic nitrogens is 3. The molecule has 0 aliphatic heterocycles. The lowest BCUT2D eigenvalue weighted by atomic mass is 9.80. The van der Waals surface area contributed by atoms with E-state index in [1.54, 1.807) is 6.92 Å². The first kappa shape index (κ1) is 20.1. The number of carbonyl (C=O) groups excluding carboxylic acids is 1. The molecule has 0 spiro atoms. The van der Waals surface area contributed by atoms with Crippen molar-refractivity contribution >= 4 is 28.5 Å². The number of pyridine rings is 1. The molecule has 0 amide bonds. The standard InChI is InChI=1S/C26H23N3O3/c1-16-12-19(14-18-8-4-3-5-9-18)25-21(13-16)24(20-10-6-7-11-22(20)27-25)26(30)31-15-23-29-28-17(2)32-23/h3-11,14,16H,12-13,15H2,1-2H3/b19-14-/t16-/m1/s1. The summed E-state index contributed by atoms with van der Waals surface area (Å²) in [6.07, 6.45) is 3.85. The Hall–Kier alpha value is -3.80. The van der Waals surface area contributed by atoms with Gasteiger partial charge in [-0.25, -0.2) is 9.78 Å². The minimum atomic E-state index is -0.399. The summed E-state index contributed by atoms with van der Waals surface area (Å²) < 4.78 is 11.0. The summed E-state index contributed by atoms with van der Waals surface area (Å²) in [6.45, 7) is 3.84. The van der Waals surface area contributed by atoms with E-state index in [9.17, 15) is 4.79 Å². The molecule has 32 heavy (non-hydrogen) atoms.